The third kappa shape index (κ3) is 2.39. The smallest absolute Gasteiger partial charge is 0.324 e. The second kappa shape index (κ2) is 5.55. The lowest BCUT2D eigenvalue weighted by Crippen LogP contribution is -2.41. The summed E-state index contributed by atoms with van der Waals surface area (Å²) in [5.74, 6) is 0.813. The van der Waals surface area contributed by atoms with Crippen LogP contribution in [0.1, 0.15) is 31.4 Å². The molecule has 4 heteroatoms. The lowest BCUT2D eigenvalue weighted by atomic mass is 10.0. The van der Waals surface area contributed by atoms with Crippen LogP contribution in [0.25, 0.3) is 0 Å². The number of carbonyl (C=O) groups excluding carboxylic acids is 1. The largest absolute Gasteiger partial charge is 0.465 e. The van der Waals surface area contributed by atoms with Gasteiger partial charge in [-0.1, -0.05) is 30.3 Å². The Hall–Kier alpha value is -1.00. The molecule has 3 nitrogen and oxygen atoms in total. The molecule has 0 radical (unpaired) electrons. The van der Waals surface area contributed by atoms with E-state index in [1.165, 1.54) is 12.0 Å². The number of fused-ring (bicyclic) bond motifs is 1. The minimum absolute atomic E-state index is 0.0552. The molecule has 1 aromatic carbocycles. The number of benzene rings is 1. The summed E-state index contributed by atoms with van der Waals surface area (Å²) in [6.45, 7) is 2.34. The maximum absolute atomic E-state index is 12.1. The van der Waals surface area contributed by atoms with E-state index in [1.54, 1.807) is 0 Å². The van der Waals surface area contributed by atoms with Crippen LogP contribution in [0.4, 0.5) is 0 Å². The van der Waals surface area contributed by atoms with Gasteiger partial charge in [0.25, 0.3) is 0 Å². The van der Waals surface area contributed by atoms with Gasteiger partial charge in [-0.3, -0.25) is 9.69 Å². The minimum atomic E-state index is -0.0670. The molecular weight excluding hydrogens is 258 g/mol. The highest BCUT2D eigenvalue weighted by Gasteiger charge is 2.47. The van der Waals surface area contributed by atoms with Crippen LogP contribution in [0.2, 0.25) is 0 Å². The highest BCUT2D eigenvalue weighted by molar-refractivity contribution is 8.00. The van der Waals surface area contributed by atoms with Crippen molar-refractivity contribution in [3.63, 3.8) is 0 Å². The summed E-state index contributed by atoms with van der Waals surface area (Å²) in [4.78, 5) is 14.5. The van der Waals surface area contributed by atoms with Gasteiger partial charge in [-0.2, -0.15) is 0 Å². The molecule has 3 rings (SSSR count). The average Bonchev–Trinajstić information content (AvgIpc) is 3.01. The Morgan fingerprint density at radius 2 is 2.16 bits per heavy atom. The van der Waals surface area contributed by atoms with Crippen molar-refractivity contribution in [2.45, 2.75) is 37.2 Å². The molecule has 1 aromatic rings. The molecule has 0 bridgehead atoms. The van der Waals surface area contributed by atoms with Crippen LogP contribution < -0.4 is 0 Å². The van der Waals surface area contributed by atoms with Crippen LogP contribution in [0.3, 0.4) is 0 Å². The normalized spacial score (nSPS) is 30.3. The Bertz CT molecular complexity index is 451. The van der Waals surface area contributed by atoms with E-state index in [0.29, 0.717) is 18.0 Å². The number of carbonyl (C=O) groups is 1. The quantitative estimate of drug-likeness (QED) is 0.795. The van der Waals surface area contributed by atoms with Crippen molar-refractivity contribution in [1.29, 1.82) is 0 Å². The molecule has 19 heavy (non-hydrogen) atoms. The van der Waals surface area contributed by atoms with Gasteiger partial charge in [0.05, 0.1) is 12.0 Å². The third-order valence-electron chi connectivity index (χ3n) is 3.93. The Kier molecular flexibility index (Phi) is 3.80. The summed E-state index contributed by atoms with van der Waals surface area (Å²) in [6, 6.07) is 10.8. The maximum Gasteiger partial charge on any atom is 0.324 e. The summed E-state index contributed by atoms with van der Waals surface area (Å²) < 4.78 is 5.22. The molecule has 0 aromatic heterocycles. The second-order valence-electron chi connectivity index (χ2n) is 5.01. The standard InChI is InChI=1S/C15H19NO2S/c1-2-18-15(17)13-10-19-14-9-8-12(16(13)14)11-6-4-3-5-7-11/h3-7,12-14H,2,8-10H2,1H3. The zero-order valence-electron chi connectivity index (χ0n) is 11.1. The number of thioether (sulfide) groups is 1. The number of nitrogens with zero attached hydrogens (tertiary/aromatic N) is 1. The predicted molar refractivity (Wildman–Crippen MR) is 76.9 cm³/mol. The monoisotopic (exact) mass is 277 g/mol. The van der Waals surface area contributed by atoms with Crippen molar-refractivity contribution in [2.75, 3.05) is 12.4 Å². The number of hydrogen-bond donors (Lipinski definition) is 0. The maximum atomic E-state index is 12.1. The van der Waals surface area contributed by atoms with Crippen LogP contribution in [0.15, 0.2) is 30.3 Å². The Balaban J connectivity index is 1.82. The molecule has 3 unspecified atom stereocenters. The van der Waals surface area contributed by atoms with E-state index in [1.807, 2.05) is 24.8 Å². The van der Waals surface area contributed by atoms with Gasteiger partial charge in [-0.25, -0.2) is 0 Å². The fourth-order valence-corrected chi connectivity index (χ4v) is 4.60. The van der Waals surface area contributed by atoms with E-state index in [4.69, 9.17) is 4.74 Å². The summed E-state index contributed by atoms with van der Waals surface area (Å²) in [6.07, 6.45) is 2.30. The van der Waals surface area contributed by atoms with Crippen LogP contribution in [0, 0.1) is 0 Å². The highest BCUT2D eigenvalue weighted by Crippen LogP contribution is 2.47. The average molecular weight is 277 g/mol. The number of ether oxygens (including phenoxy) is 1. The summed E-state index contributed by atoms with van der Waals surface area (Å²) in [7, 11) is 0. The van der Waals surface area contributed by atoms with E-state index in [-0.39, 0.29) is 12.0 Å². The second-order valence-corrected chi connectivity index (χ2v) is 6.22. The molecule has 2 aliphatic heterocycles. The number of hydrogen-bond acceptors (Lipinski definition) is 4. The minimum Gasteiger partial charge on any atom is -0.465 e. The van der Waals surface area contributed by atoms with Crippen molar-refractivity contribution < 1.29 is 9.53 Å². The molecule has 2 aliphatic rings. The first-order valence-electron chi connectivity index (χ1n) is 6.92. The molecule has 0 spiro atoms. The molecular formula is C15H19NO2S. The van der Waals surface area contributed by atoms with Gasteiger partial charge in [0, 0.05) is 11.8 Å². The van der Waals surface area contributed by atoms with Gasteiger partial charge >= 0.3 is 5.97 Å². The molecule has 2 fully saturated rings. The highest BCUT2D eigenvalue weighted by atomic mass is 32.2. The summed E-state index contributed by atoms with van der Waals surface area (Å²) in [5.41, 5.74) is 1.32. The van der Waals surface area contributed by atoms with E-state index in [9.17, 15) is 4.79 Å². The lowest BCUT2D eigenvalue weighted by Gasteiger charge is -2.28. The zero-order valence-corrected chi connectivity index (χ0v) is 11.9. The van der Waals surface area contributed by atoms with Crippen molar-refractivity contribution in [3.8, 4) is 0 Å². The van der Waals surface area contributed by atoms with Crippen molar-refractivity contribution in [3.05, 3.63) is 35.9 Å². The molecule has 2 saturated heterocycles. The van der Waals surface area contributed by atoms with Gasteiger partial charge in [-0.05, 0) is 25.3 Å². The number of esters is 1. The van der Waals surface area contributed by atoms with Gasteiger partial charge in [0.1, 0.15) is 6.04 Å². The molecule has 3 atom stereocenters. The van der Waals surface area contributed by atoms with E-state index in [2.05, 4.69) is 29.2 Å². The molecule has 0 aliphatic carbocycles. The topological polar surface area (TPSA) is 29.5 Å². The molecule has 0 saturated carbocycles. The van der Waals surface area contributed by atoms with E-state index in [0.717, 1.165) is 12.2 Å². The molecule has 102 valence electrons. The van der Waals surface area contributed by atoms with Crippen molar-refractivity contribution in [2.24, 2.45) is 0 Å². The van der Waals surface area contributed by atoms with Crippen LogP contribution in [-0.2, 0) is 9.53 Å². The van der Waals surface area contributed by atoms with Gasteiger partial charge < -0.3 is 4.74 Å². The zero-order chi connectivity index (χ0) is 13.2. The SMILES string of the molecule is CCOC(=O)C1CSC2CCC(c3ccccc3)N21. The first-order chi connectivity index (χ1) is 9.31. The molecule has 0 N–H and O–H groups in total. The van der Waals surface area contributed by atoms with Crippen molar-refractivity contribution in [1.82, 2.24) is 4.90 Å². The number of rotatable bonds is 3. The summed E-state index contributed by atoms with van der Waals surface area (Å²) >= 11 is 1.90. The summed E-state index contributed by atoms with van der Waals surface area (Å²) in [5, 5.41) is 0.486. The van der Waals surface area contributed by atoms with Crippen molar-refractivity contribution >= 4 is 17.7 Å². The van der Waals surface area contributed by atoms with E-state index < -0.39 is 0 Å². The van der Waals surface area contributed by atoms with Gasteiger partial charge in [0.2, 0.25) is 0 Å². The van der Waals surface area contributed by atoms with Crippen LogP contribution >= 0.6 is 11.8 Å². The Morgan fingerprint density at radius 1 is 1.37 bits per heavy atom. The first-order valence-corrected chi connectivity index (χ1v) is 7.96. The molecule has 0 amide bonds. The first kappa shape index (κ1) is 13.0. The van der Waals surface area contributed by atoms with Crippen LogP contribution in [0.5, 0.6) is 0 Å². The molecule has 2 heterocycles. The van der Waals surface area contributed by atoms with E-state index >= 15 is 0 Å². The fraction of sp³-hybridized carbons (Fsp3) is 0.533. The van der Waals surface area contributed by atoms with Gasteiger partial charge in [-0.15, -0.1) is 11.8 Å². The predicted octanol–water partition coefficient (Wildman–Crippen LogP) is 2.83. The lowest BCUT2D eigenvalue weighted by molar-refractivity contribution is -0.148. The fourth-order valence-electron chi connectivity index (χ4n) is 3.12. The Labute approximate surface area is 118 Å². The Morgan fingerprint density at radius 3 is 2.89 bits per heavy atom. The van der Waals surface area contributed by atoms with Crippen LogP contribution in [-0.4, -0.2) is 34.6 Å². The van der Waals surface area contributed by atoms with Gasteiger partial charge in [0.15, 0.2) is 0 Å². The third-order valence-corrected chi connectivity index (χ3v) is 5.30.